The third-order valence-corrected chi connectivity index (χ3v) is 3.56. The van der Waals surface area contributed by atoms with Gasteiger partial charge in [-0.25, -0.2) is 0 Å². The maximum atomic E-state index is 3.68. The van der Waals surface area contributed by atoms with Gasteiger partial charge in [0, 0.05) is 12.1 Å². The first kappa shape index (κ1) is 4.73. The molecule has 4 atom stereocenters. The predicted octanol–water partition coefficient (Wildman–Crippen LogP) is 1.15. The molecular formula is C8H13N. The van der Waals surface area contributed by atoms with Crippen LogP contribution in [0, 0.1) is 11.8 Å². The molecule has 0 aromatic heterocycles. The van der Waals surface area contributed by atoms with E-state index in [9.17, 15) is 0 Å². The van der Waals surface area contributed by atoms with Crippen LogP contribution in [0.5, 0.6) is 0 Å². The topological polar surface area (TPSA) is 12.0 Å². The molecule has 1 aliphatic heterocycles. The molecule has 4 unspecified atom stereocenters. The maximum absolute atomic E-state index is 3.68. The summed E-state index contributed by atoms with van der Waals surface area (Å²) in [5.74, 6) is 2.25. The van der Waals surface area contributed by atoms with Gasteiger partial charge in [-0.3, -0.25) is 0 Å². The first-order chi connectivity index (χ1) is 4.43. The Balaban J connectivity index is 2.02. The molecule has 0 spiro atoms. The Morgan fingerprint density at radius 2 is 2.11 bits per heavy atom. The summed E-state index contributed by atoms with van der Waals surface area (Å²) in [5.41, 5.74) is 0. The van der Waals surface area contributed by atoms with Crippen LogP contribution in [-0.2, 0) is 0 Å². The van der Waals surface area contributed by atoms with Crippen molar-refractivity contribution in [3.63, 3.8) is 0 Å². The highest BCUT2D eigenvalue weighted by Crippen LogP contribution is 2.49. The van der Waals surface area contributed by atoms with Gasteiger partial charge in [-0.2, -0.15) is 0 Å². The van der Waals surface area contributed by atoms with E-state index in [0.29, 0.717) is 0 Å². The molecule has 0 amide bonds. The van der Waals surface area contributed by atoms with Crippen molar-refractivity contribution in [3.8, 4) is 0 Å². The number of hydrogen-bond donors (Lipinski definition) is 1. The van der Waals surface area contributed by atoms with E-state index in [1.165, 1.54) is 25.7 Å². The monoisotopic (exact) mass is 123 g/mol. The number of nitrogens with one attached hydrogen (secondary N) is 1. The minimum atomic E-state index is 0.937. The maximum Gasteiger partial charge on any atom is 0.0101 e. The fraction of sp³-hybridized carbons (Fsp3) is 1.00. The lowest BCUT2D eigenvalue weighted by molar-refractivity contribution is 0.367. The largest absolute Gasteiger partial charge is 0.311 e. The predicted molar refractivity (Wildman–Crippen MR) is 36.2 cm³/mol. The molecule has 0 aromatic rings. The summed E-state index contributed by atoms with van der Waals surface area (Å²) < 4.78 is 0. The summed E-state index contributed by atoms with van der Waals surface area (Å²) >= 11 is 0. The van der Waals surface area contributed by atoms with E-state index in [4.69, 9.17) is 0 Å². The van der Waals surface area contributed by atoms with Gasteiger partial charge in [0.25, 0.3) is 0 Å². The van der Waals surface area contributed by atoms with Gasteiger partial charge in [0.15, 0.2) is 0 Å². The van der Waals surface area contributed by atoms with Crippen molar-refractivity contribution in [1.29, 1.82) is 0 Å². The molecule has 3 aliphatic rings. The Bertz CT molecular complexity index is 127. The highest BCUT2D eigenvalue weighted by molar-refractivity contribution is 5.05. The van der Waals surface area contributed by atoms with Crippen molar-refractivity contribution in [2.24, 2.45) is 11.8 Å². The normalized spacial score (nSPS) is 61.3. The number of hydrogen-bond acceptors (Lipinski definition) is 1. The van der Waals surface area contributed by atoms with Crippen LogP contribution in [0.1, 0.15) is 25.7 Å². The van der Waals surface area contributed by atoms with Gasteiger partial charge >= 0.3 is 0 Å². The van der Waals surface area contributed by atoms with Crippen LogP contribution in [0.3, 0.4) is 0 Å². The first-order valence-electron chi connectivity index (χ1n) is 4.19. The van der Waals surface area contributed by atoms with E-state index in [0.717, 1.165) is 23.9 Å². The van der Waals surface area contributed by atoms with Gasteiger partial charge in [0.1, 0.15) is 0 Å². The molecule has 2 bridgehead atoms. The molecule has 9 heavy (non-hydrogen) atoms. The smallest absolute Gasteiger partial charge is 0.0101 e. The summed E-state index contributed by atoms with van der Waals surface area (Å²) in [6.07, 6.45) is 6.02. The minimum Gasteiger partial charge on any atom is -0.311 e. The second-order valence-electron chi connectivity index (χ2n) is 3.94. The van der Waals surface area contributed by atoms with E-state index >= 15 is 0 Å². The van der Waals surface area contributed by atoms with E-state index in [1.54, 1.807) is 0 Å². The molecule has 3 rings (SSSR count). The van der Waals surface area contributed by atoms with Crippen molar-refractivity contribution >= 4 is 0 Å². The molecular weight excluding hydrogens is 110 g/mol. The van der Waals surface area contributed by atoms with Crippen LogP contribution in [0.25, 0.3) is 0 Å². The third kappa shape index (κ3) is 0.454. The molecule has 1 heterocycles. The lowest BCUT2D eigenvalue weighted by atomic mass is 9.98. The Kier molecular flexibility index (Phi) is 0.704. The molecule has 0 radical (unpaired) electrons. The average Bonchev–Trinajstić information content (AvgIpc) is 2.35. The first-order valence-corrected chi connectivity index (χ1v) is 4.19. The Labute approximate surface area is 55.8 Å². The van der Waals surface area contributed by atoms with Crippen molar-refractivity contribution in [3.05, 3.63) is 0 Å². The van der Waals surface area contributed by atoms with Crippen LogP contribution in [0.15, 0.2) is 0 Å². The quantitative estimate of drug-likeness (QED) is 0.509. The van der Waals surface area contributed by atoms with Crippen molar-refractivity contribution in [2.45, 2.75) is 37.8 Å². The molecule has 0 aromatic carbocycles. The fourth-order valence-corrected chi connectivity index (χ4v) is 3.24. The fourth-order valence-electron chi connectivity index (χ4n) is 3.24. The van der Waals surface area contributed by atoms with E-state index < -0.39 is 0 Å². The minimum absolute atomic E-state index is 0.937. The highest BCUT2D eigenvalue weighted by Gasteiger charge is 2.49. The van der Waals surface area contributed by atoms with Crippen LogP contribution < -0.4 is 5.32 Å². The molecule has 2 aliphatic carbocycles. The lowest BCUT2D eigenvalue weighted by Crippen LogP contribution is -2.33. The van der Waals surface area contributed by atoms with Crippen LogP contribution in [0.2, 0.25) is 0 Å². The Morgan fingerprint density at radius 1 is 1.11 bits per heavy atom. The van der Waals surface area contributed by atoms with Gasteiger partial charge < -0.3 is 5.32 Å². The molecule has 1 nitrogen and oxygen atoms in total. The van der Waals surface area contributed by atoms with Crippen LogP contribution in [-0.4, -0.2) is 12.1 Å². The summed E-state index contributed by atoms with van der Waals surface area (Å²) in [5, 5.41) is 3.68. The summed E-state index contributed by atoms with van der Waals surface area (Å²) in [6, 6.07) is 1.89. The molecule has 3 fully saturated rings. The summed E-state index contributed by atoms with van der Waals surface area (Å²) in [6.45, 7) is 0. The van der Waals surface area contributed by atoms with Gasteiger partial charge in [-0.15, -0.1) is 0 Å². The summed E-state index contributed by atoms with van der Waals surface area (Å²) in [7, 11) is 0. The number of rotatable bonds is 0. The van der Waals surface area contributed by atoms with Crippen LogP contribution >= 0.6 is 0 Å². The molecule has 1 N–H and O–H groups in total. The Hall–Kier alpha value is -0.0400. The van der Waals surface area contributed by atoms with Crippen molar-refractivity contribution in [2.75, 3.05) is 0 Å². The Morgan fingerprint density at radius 3 is 2.78 bits per heavy atom. The third-order valence-electron chi connectivity index (χ3n) is 3.56. The summed E-state index contributed by atoms with van der Waals surface area (Å²) in [4.78, 5) is 0. The van der Waals surface area contributed by atoms with Crippen LogP contribution in [0.4, 0.5) is 0 Å². The van der Waals surface area contributed by atoms with Gasteiger partial charge in [-0.05, 0) is 37.5 Å². The zero-order valence-corrected chi connectivity index (χ0v) is 5.64. The SMILES string of the molecule is C1CC2NC3CC1C2C3. The standard InChI is InChI=1S/C8H13N/c1-2-8-7-4-6(9-8)3-5(1)7/h5-9H,1-4H2. The average molecular weight is 123 g/mol. The molecule has 50 valence electrons. The number of fused-ring (bicyclic) bond motifs is 1. The van der Waals surface area contributed by atoms with Gasteiger partial charge in [0.05, 0.1) is 0 Å². The number of piperidine rings is 1. The van der Waals surface area contributed by atoms with Crippen molar-refractivity contribution in [1.82, 2.24) is 5.32 Å². The molecule has 1 saturated heterocycles. The second-order valence-corrected chi connectivity index (χ2v) is 3.94. The van der Waals surface area contributed by atoms with Gasteiger partial charge in [-0.1, -0.05) is 0 Å². The lowest BCUT2D eigenvalue weighted by Gasteiger charge is -2.18. The van der Waals surface area contributed by atoms with Crippen molar-refractivity contribution < 1.29 is 0 Å². The van der Waals surface area contributed by atoms with E-state index in [1.807, 2.05) is 0 Å². The highest BCUT2D eigenvalue weighted by atomic mass is 15.0. The van der Waals surface area contributed by atoms with Gasteiger partial charge in [0.2, 0.25) is 0 Å². The molecule has 2 saturated carbocycles. The van der Waals surface area contributed by atoms with E-state index in [2.05, 4.69) is 5.32 Å². The molecule has 1 heteroatoms. The zero-order valence-electron chi connectivity index (χ0n) is 5.64. The second kappa shape index (κ2) is 1.34. The zero-order chi connectivity index (χ0) is 5.84. The van der Waals surface area contributed by atoms with E-state index in [-0.39, 0.29) is 0 Å².